The molecule has 1 saturated carbocycles. The number of hydrogen-bond acceptors (Lipinski definition) is 3. The Bertz CT molecular complexity index is 628. The lowest BCUT2D eigenvalue weighted by molar-refractivity contribution is -0.108. The number of aldehydes is 1. The Labute approximate surface area is 151 Å². The quantitative estimate of drug-likeness (QED) is 0.803. The Morgan fingerprint density at radius 3 is 2.54 bits per heavy atom. The van der Waals surface area contributed by atoms with Gasteiger partial charge in [0, 0.05) is 16.8 Å². The lowest BCUT2D eigenvalue weighted by Gasteiger charge is -2.28. The van der Waals surface area contributed by atoms with Crippen molar-refractivity contribution in [2.24, 2.45) is 0 Å². The first-order valence-electron chi connectivity index (χ1n) is 8.25. The Kier molecular flexibility index (Phi) is 5.51. The third-order valence-electron chi connectivity index (χ3n) is 4.58. The van der Waals surface area contributed by atoms with Crippen molar-refractivity contribution >= 4 is 35.7 Å². The van der Waals surface area contributed by atoms with Crippen LogP contribution in [0.25, 0.3) is 0 Å². The highest BCUT2D eigenvalue weighted by Crippen LogP contribution is 2.47. The van der Waals surface area contributed by atoms with E-state index in [1.54, 1.807) is 0 Å². The third kappa shape index (κ3) is 3.62. The van der Waals surface area contributed by atoms with Crippen LogP contribution in [-0.4, -0.2) is 28.6 Å². The number of urea groups is 1. The van der Waals surface area contributed by atoms with Crippen molar-refractivity contribution in [1.82, 2.24) is 10.2 Å². The van der Waals surface area contributed by atoms with Crippen molar-refractivity contribution in [2.75, 3.05) is 0 Å². The highest BCUT2D eigenvalue weighted by atomic mass is 35.5. The molecule has 128 valence electrons. The average Bonchev–Trinajstić information content (AvgIpc) is 2.93. The van der Waals surface area contributed by atoms with Crippen molar-refractivity contribution in [3.63, 3.8) is 0 Å². The summed E-state index contributed by atoms with van der Waals surface area (Å²) in [5.74, 6) is 0. The summed E-state index contributed by atoms with van der Waals surface area (Å²) in [7, 11) is 0. The van der Waals surface area contributed by atoms with Crippen LogP contribution in [0.3, 0.4) is 0 Å². The molecule has 2 fully saturated rings. The molecule has 1 heterocycles. The van der Waals surface area contributed by atoms with E-state index in [0.717, 1.165) is 37.5 Å². The predicted molar refractivity (Wildman–Crippen MR) is 98.0 cm³/mol. The fraction of sp³-hybridized carbons (Fsp3) is 0.444. The summed E-state index contributed by atoms with van der Waals surface area (Å²) in [5, 5.41) is 3.07. The van der Waals surface area contributed by atoms with Gasteiger partial charge < -0.3 is 10.1 Å². The van der Waals surface area contributed by atoms with E-state index in [-0.39, 0.29) is 17.3 Å². The number of hydrogen-bond donors (Lipinski definition) is 1. The standard InChI is InChI=1S/C18H21ClN2O2S/c1-12-17(13-7-9-14(19)10-8-13)24-16(11-22)21(12)18(23)20-15-5-3-2-4-6-15/h7-11,15-17H,1-6H2,(H,20,23). The number of carbonyl (C=O) groups is 2. The predicted octanol–water partition coefficient (Wildman–Crippen LogP) is 4.51. The first-order valence-corrected chi connectivity index (χ1v) is 9.57. The van der Waals surface area contributed by atoms with E-state index in [2.05, 4.69) is 11.9 Å². The molecule has 2 unspecified atom stereocenters. The molecule has 2 atom stereocenters. The number of amides is 2. The maximum Gasteiger partial charge on any atom is 0.323 e. The van der Waals surface area contributed by atoms with Gasteiger partial charge in [0.05, 0.1) is 5.25 Å². The van der Waals surface area contributed by atoms with Crippen molar-refractivity contribution in [1.29, 1.82) is 0 Å². The van der Waals surface area contributed by atoms with Crippen LogP contribution < -0.4 is 5.32 Å². The van der Waals surface area contributed by atoms with Gasteiger partial charge in [0.15, 0.2) is 6.29 Å². The molecule has 0 aromatic heterocycles. The molecule has 1 saturated heterocycles. The summed E-state index contributed by atoms with van der Waals surface area (Å²) in [6.45, 7) is 4.08. The molecule has 4 nitrogen and oxygen atoms in total. The summed E-state index contributed by atoms with van der Waals surface area (Å²) in [5.41, 5.74) is 1.64. The van der Waals surface area contributed by atoms with E-state index < -0.39 is 5.37 Å². The van der Waals surface area contributed by atoms with Gasteiger partial charge in [-0.05, 0) is 30.5 Å². The lowest BCUT2D eigenvalue weighted by atomic mass is 9.96. The Balaban J connectivity index is 1.74. The second-order valence-corrected chi connectivity index (χ2v) is 7.90. The molecular formula is C18H21ClN2O2S. The summed E-state index contributed by atoms with van der Waals surface area (Å²) in [6.07, 6.45) is 6.34. The Morgan fingerprint density at radius 1 is 1.25 bits per heavy atom. The normalized spacial score (nSPS) is 24.9. The number of rotatable bonds is 3. The zero-order valence-electron chi connectivity index (χ0n) is 13.4. The molecule has 6 heteroatoms. The second-order valence-electron chi connectivity index (χ2n) is 6.24. The average molecular weight is 365 g/mol. The number of carbonyl (C=O) groups excluding carboxylic acids is 2. The molecular weight excluding hydrogens is 344 g/mol. The Morgan fingerprint density at radius 2 is 1.92 bits per heavy atom. The number of nitrogens with zero attached hydrogens (tertiary/aromatic N) is 1. The van der Waals surface area contributed by atoms with E-state index >= 15 is 0 Å². The molecule has 1 aromatic carbocycles. The zero-order valence-corrected chi connectivity index (χ0v) is 15.0. The van der Waals surface area contributed by atoms with Crippen molar-refractivity contribution < 1.29 is 9.59 Å². The molecule has 0 spiro atoms. The first-order chi connectivity index (χ1) is 11.6. The minimum absolute atomic E-state index is 0.116. The summed E-state index contributed by atoms with van der Waals surface area (Å²) >= 11 is 7.37. The van der Waals surface area contributed by atoms with Gasteiger partial charge in [-0.15, -0.1) is 11.8 Å². The minimum Gasteiger partial charge on any atom is -0.335 e. The van der Waals surface area contributed by atoms with Gasteiger partial charge in [-0.3, -0.25) is 4.90 Å². The molecule has 1 aliphatic heterocycles. The number of nitrogens with one attached hydrogen (secondary N) is 1. The first kappa shape index (κ1) is 17.4. The van der Waals surface area contributed by atoms with Crippen LogP contribution in [0.2, 0.25) is 5.02 Å². The smallest absolute Gasteiger partial charge is 0.323 e. The van der Waals surface area contributed by atoms with Crippen molar-refractivity contribution in [3.05, 3.63) is 47.1 Å². The molecule has 1 aromatic rings. The number of halogens is 1. The van der Waals surface area contributed by atoms with E-state index in [4.69, 9.17) is 11.6 Å². The van der Waals surface area contributed by atoms with Crippen molar-refractivity contribution in [2.45, 2.75) is 48.8 Å². The van der Waals surface area contributed by atoms with Gasteiger partial charge in [0.1, 0.15) is 5.37 Å². The SMILES string of the molecule is C=C1C(c2ccc(Cl)cc2)SC(C=O)N1C(=O)NC1CCCCC1. The fourth-order valence-electron chi connectivity index (χ4n) is 3.31. The van der Waals surface area contributed by atoms with Gasteiger partial charge in [-0.2, -0.15) is 0 Å². The van der Waals surface area contributed by atoms with E-state index in [9.17, 15) is 9.59 Å². The van der Waals surface area contributed by atoms with Crippen LogP contribution in [-0.2, 0) is 4.79 Å². The maximum atomic E-state index is 12.7. The second kappa shape index (κ2) is 7.62. The van der Waals surface area contributed by atoms with E-state index in [0.29, 0.717) is 10.7 Å². The summed E-state index contributed by atoms with van der Waals surface area (Å²) < 4.78 is 0. The lowest BCUT2D eigenvalue weighted by Crippen LogP contribution is -2.46. The van der Waals surface area contributed by atoms with Crippen LogP contribution in [0.4, 0.5) is 4.79 Å². The van der Waals surface area contributed by atoms with Crippen LogP contribution in [0.5, 0.6) is 0 Å². The molecule has 2 aliphatic rings. The monoisotopic (exact) mass is 364 g/mol. The van der Waals surface area contributed by atoms with Gasteiger partial charge in [0.2, 0.25) is 0 Å². The number of thioether (sulfide) groups is 1. The van der Waals surface area contributed by atoms with Crippen LogP contribution in [0.1, 0.15) is 42.9 Å². The summed E-state index contributed by atoms with van der Waals surface area (Å²) in [6, 6.07) is 7.43. The third-order valence-corrected chi connectivity index (χ3v) is 6.25. The topological polar surface area (TPSA) is 49.4 Å². The molecule has 0 radical (unpaired) electrons. The zero-order chi connectivity index (χ0) is 17.1. The van der Waals surface area contributed by atoms with Gasteiger partial charge in [-0.1, -0.05) is 49.6 Å². The van der Waals surface area contributed by atoms with E-state index in [1.807, 2.05) is 24.3 Å². The highest BCUT2D eigenvalue weighted by Gasteiger charge is 2.40. The van der Waals surface area contributed by atoms with Crippen LogP contribution >= 0.6 is 23.4 Å². The van der Waals surface area contributed by atoms with Crippen LogP contribution in [0, 0.1) is 0 Å². The molecule has 3 rings (SSSR count). The maximum absolute atomic E-state index is 12.7. The van der Waals surface area contributed by atoms with Crippen LogP contribution in [0.15, 0.2) is 36.5 Å². The molecule has 1 N–H and O–H groups in total. The number of benzene rings is 1. The van der Waals surface area contributed by atoms with Gasteiger partial charge in [0.25, 0.3) is 0 Å². The summed E-state index contributed by atoms with van der Waals surface area (Å²) in [4.78, 5) is 25.7. The van der Waals surface area contributed by atoms with Crippen molar-refractivity contribution in [3.8, 4) is 0 Å². The fourth-order valence-corrected chi connectivity index (χ4v) is 4.71. The minimum atomic E-state index is -0.540. The van der Waals surface area contributed by atoms with Gasteiger partial charge >= 0.3 is 6.03 Å². The Hall–Kier alpha value is -1.46. The molecule has 2 amide bonds. The van der Waals surface area contributed by atoms with Gasteiger partial charge in [-0.25, -0.2) is 4.79 Å². The highest BCUT2D eigenvalue weighted by molar-refractivity contribution is 8.01. The molecule has 0 bridgehead atoms. The largest absolute Gasteiger partial charge is 0.335 e. The molecule has 1 aliphatic carbocycles. The van der Waals surface area contributed by atoms with E-state index in [1.165, 1.54) is 23.1 Å². The molecule has 24 heavy (non-hydrogen) atoms.